The van der Waals surface area contributed by atoms with Crippen LogP contribution in [-0.2, 0) is 5.54 Å². The lowest BCUT2D eigenvalue weighted by Gasteiger charge is -2.23. The quantitative estimate of drug-likeness (QED) is 0.776. The van der Waals surface area contributed by atoms with E-state index in [1.165, 1.54) is 6.07 Å². The van der Waals surface area contributed by atoms with Crippen molar-refractivity contribution in [2.24, 2.45) is 5.73 Å². The summed E-state index contributed by atoms with van der Waals surface area (Å²) in [4.78, 5) is 0. The van der Waals surface area contributed by atoms with Crippen LogP contribution in [0.1, 0.15) is 12.5 Å². The number of rotatable bonds is 2. The van der Waals surface area contributed by atoms with Gasteiger partial charge in [-0.1, -0.05) is 23.2 Å². The molecule has 1 aromatic carbocycles. The molecule has 3 N–H and O–H groups in total. The van der Waals surface area contributed by atoms with Crippen LogP contribution in [0.25, 0.3) is 0 Å². The maximum Gasteiger partial charge on any atom is 0.143 e. The lowest BCUT2D eigenvalue weighted by Crippen LogP contribution is -2.37. The minimum absolute atomic E-state index is 0.103. The molecule has 0 amide bonds. The molecule has 0 radical (unpaired) electrons. The van der Waals surface area contributed by atoms with E-state index in [0.29, 0.717) is 5.56 Å². The molecule has 2 nitrogen and oxygen atoms in total. The van der Waals surface area contributed by atoms with Crippen molar-refractivity contribution in [2.45, 2.75) is 12.5 Å². The zero-order valence-corrected chi connectivity index (χ0v) is 9.03. The lowest BCUT2D eigenvalue weighted by molar-refractivity contribution is 0.210. The van der Waals surface area contributed by atoms with Gasteiger partial charge in [0.1, 0.15) is 5.82 Å². The summed E-state index contributed by atoms with van der Waals surface area (Å²) in [6.07, 6.45) is 0. The Hall–Kier alpha value is -0.350. The summed E-state index contributed by atoms with van der Waals surface area (Å²) in [6.45, 7) is 1.20. The van der Waals surface area contributed by atoms with Gasteiger partial charge in [-0.3, -0.25) is 0 Å². The van der Waals surface area contributed by atoms with E-state index in [4.69, 9.17) is 34.0 Å². The van der Waals surface area contributed by atoms with Gasteiger partial charge in [-0.15, -0.1) is 0 Å². The average Bonchev–Trinajstić information content (AvgIpc) is 2.11. The van der Waals surface area contributed by atoms with Crippen molar-refractivity contribution in [3.63, 3.8) is 0 Å². The normalized spacial score (nSPS) is 15.3. The summed E-state index contributed by atoms with van der Waals surface area (Å²) >= 11 is 11.4. The molecule has 14 heavy (non-hydrogen) atoms. The van der Waals surface area contributed by atoms with Crippen LogP contribution < -0.4 is 5.73 Å². The van der Waals surface area contributed by atoms with E-state index in [1.807, 2.05) is 0 Å². The Morgan fingerprint density at radius 1 is 1.50 bits per heavy atom. The maximum absolute atomic E-state index is 13.2. The fourth-order valence-corrected chi connectivity index (χ4v) is 1.59. The first kappa shape index (κ1) is 11.7. The molecule has 0 saturated carbocycles. The smallest absolute Gasteiger partial charge is 0.143 e. The Bertz CT molecular complexity index is 355. The zero-order chi connectivity index (χ0) is 10.9. The predicted octanol–water partition coefficient (Wildman–Crippen LogP) is 2.30. The number of hydrogen-bond acceptors (Lipinski definition) is 2. The molecule has 0 fully saturated rings. The van der Waals surface area contributed by atoms with E-state index < -0.39 is 11.4 Å². The second-order valence-electron chi connectivity index (χ2n) is 3.32. The third-order valence-corrected chi connectivity index (χ3v) is 2.54. The molecular weight excluding hydrogens is 228 g/mol. The minimum Gasteiger partial charge on any atom is -0.394 e. The van der Waals surface area contributed by atoms with Gasteiger partial charge in [0, 0.05) is 5.02 Å². The highest BCUT2D eigenvalue weighted by atomic mass is 35.5. The molecule has 0 heterocycles. The SMILES string of the molecule is C[C@](N)(CO)c1cc(Cl)cc(F)c1Cl. The van der Waals surface area contributed by atoms with Crippen LogP contribution in [0.15, 0.2) is 12.1 Å². The Labute approximate surface area is 91.4 Å². The van der Waals surface area contributed by atoms with Crippen molar-refractivity contribution < 1.29 is 9.50 Å². The standard InChI is InChI=1S/C9H10Cl2FNO/c1-9(13,4-14)6-2-5(10)3-7(12)8(6)11/h2-3,14H,4,13H2,1H3/t9-/m0/s1. The molecule has 1 aromatic rings. The summed E-state index contributed by atoms with van der Waals surface area (Å²) in [7, 11) is 0. The Morgan fingerprint density at radius 2 is 2.07 bits per heavy atom. The lowest BCUT2D eigenvalue weighted by atomic mass is 9.94. The molecule has 0 bridgehead atoms. The molecule has 1 rings (SSSR count). The highest BCUT2D eigenvalue weighted by Crippen LogP contribution is 2.31. The fraction of sp³-hybridized carbons (Fsp3) is 0.333. The van der Waals surface area contributed by atoms with Gasteiger partial charge in [-0.25, -0.2) is 4.39 Å². The first-order valence-electron chi connectivity index (χ1n) is 3.93. The highest BCUT2D eigenvalue weighted by molar-refractivity contribution is 6.33. The van der Waals surface area contributed by atoms with Crippen molar-refractivity contribution in [3.05, 3.63) is 33.6 Å². The summed E-state index contributed by atoms with van der Waals surface area (Å²) in [6, 6.07) is 2.55. The topological polar surface area (TPSA) is 46.2 Å². The Morgan fingerprint density at radius 3 is 2.57 bits per heavy atom. The second kappa shape index (κ2) is 4.03. The van der Waals surface area contributed by atoms with E-state index in [9.17, 15) is 4.39 Å². The zero-order valence-electron chi connectivity index (χ0n) is 7.52. The second-order valence-corrected chi connectivity index (χ2v) is 4.14. The van der Waals surface area contributed by atoms with Crippen molar-refractivity contribution in [2.75, 3.05) is 6.61 Å². The van der Waals surface area contributed by atoms with Crippen LogP contribution in [-0.4, -0.2) is 11.7 Å². The van der Waals surface area contributed by atoms with Crippen LogP contribution in [0.3, 0.4) is 0 Å². The molecular formula is C9H10Cl2FNO. The van der Waals surface area contributed by atoms with E-state index >= 15 is 0 Å². The van der Waals surface area contributed by atoms with Gasteiger partial charge < -0.3 is 10.8 Å². The van der Waals surface area contributed by atoms with Crippen LogP contribution in [0.5, 0.6) is 0 Å². The van der Waals surface area contributed by atoms with Crippen molar-refractivity contribution in [1.82, 2.24) is 0 Å². The Kier molecular flexibility index (Phi) is 3.37. The molecule has 0 spiro atoms. The molecule has 5 heteroatoms. The van der Waals surface area contributed by atoms with Gasteiger partial charge in [0.25, 0.3) is 0 Å². The van der Waals surface area contributed by atoms with Gasteiger partial charge in [-0.2, -0.15) is 0 Å². The number of nitrogens with two attached hydrogens (primary N) is 1. The number of benzene rings is 1. The molecule has 1 atom stereocenters. The van der Waals surface area contributed by atoms with E-state index in [1.54, 1.807) is 6.92 Å². The third-order valence-electron chi connectivity index (χ3n) is 1.94. The first-order chi connectivity index (χ1) is 6.38. The predicted molar refractivity (Wildman–Crippen MR) is 55.0 cm³/mol. The average molecular weight is 238 g/mol. The van der Waals surface area contributed by atoms with E-state index in [-0.39, 0.29) is 16.7 Å². The van der Waals surface area contributed by atoms with E-state index in [0.717, 1.165) is 6.07 Å². The molecule has 0 aliphatic carbocycles. The van der Waals surface area contributed by atoms with Crippen LogP contribution in [0.2, 0.25) is 10.0 Å². The van der Waals surface area contributed by atoms with Gasteiger partial charge in [0.2, 0.25) is 0 Å². The Balaban J connectivity index is 3.34. The number of halogens is 3. The minimum atomic E-state index is -1.09. The highest BCUT2D eigenvalue weighted by Gasteiger charge is 2.25. The van der Waals surface area contributed by atoms with Gasteiger partial charge in [0.05, 0.1) is 17.2 Å². The summed E-state index contributed by atoms with van der Waals surface area (Å²) in [5, 5.41) is 9.10. The van der Waals surface area contributed by atoms with Crippen molar-refractivity contribution in [1.29, 1.82) is 0 Å². The fourth-order valence-electron chi connectivity index (χ4n) is 1.06. The van der Waals surface area contributed by atoms with Crippen LogP contribution >= 0.6 is 23.2 Å². The van der Waals surface area contributed by atoms with Gasteiger partial charge in [-0.05, 0) is 24.6 Å². The summed E-state index contributed by atoms with van der Waals surface area (Å²) in [5.41, 5.74) is 4.92. The largest absolute Gasteiger partial charge is 0.394 e. The van der Waals surface area contributed by atoms with Crippen molar-refractivity contribution >= 4 is 23.2 Å². The molecule has 0 aliphatic heterocycles. The molecule has 0 aliphatic rings. The summed E-state index contributed by atoms with van der Waals surface area (Å²) in [5.74, 6) is -0.640. The van der Waals surface area contributed by atoms with E-state index in [2.05, 4.69) is 0 Å². The van der Waals surface area contributed by atoms with Crippen LogP contribution in [0.4, 0.5) is 4.39 Å². The van der Waals surface area contributed by atoms with Gasteiger partial charge >= 0.3 is 0 Å². The van der Waals surface area contributed by atoms with Gasteiger partial charge in [0.15, 0.2) is 0 Å². The monoisotopic (exact) mass is 237 g/mol. The summed E-state index contributed by atoms with van der Waals surface area (Å²) < 4.78 is 13.2. The third kappa shape index (κ3) is 2.17. The molecule has 0 unspecified atom stereocenters. The first-order valence-corrected chi connectivity index (χ1v) is 4.69. The number of aliphatic hydroxyl groups is 1. The maximum atomic E-state index is 13.2. The molecule has 0 aromatic heterocycles. The van der Waals surface area contributed by atoms with Crippen LogP contribution in [0, 0.1) is 5.82 Å². The molecule has 0 saturated heterocycles. The number of hydrogen-bond donors (Lipinski definition) is 2. The molecule has 78 valence electrons. The number of aliphatic hydroxyl groups excluding tert-OH is 1. The van der Waals surface area contributed by atoms with Crippen molar-refractivity contribution in [3.8, 4) is 0 Å².